The van der Waals surface area contributed by atoms with Crippen molar-refractivity contribution >= 4 is 16.0 Å². The van der Waals surface area contributed by atoms with E-state index < -0.39 is 10.0 Å². The van der Waals surface area contributed by atoms with E-state index in [0.717, 1.165) is 24.0 Å². The standard InChI is InChI=1S/C26H34N4O2S/c1-3-4-5-6-7-8-9-11-14-22-17-18-25-24(19-22)30-21(2)27-28-26(30)29(33(25,31)32)20-23-15-12-10-13-16-23/h10,12-13,15-19H,3-9,11,14,20H2,1-2H3. The fourth-order valence-electron chi connectivity index (χ4n) is 4.50. The van der Waals surface area contributed by atoms with Gasteiger partial charge in [0.1, 0.15) is 10.7 Å². The summed E-state index contributed by atoms with van der Waals surface area (Å²) in [6.07, 6.45) is 11.2. The zero-order valence-corrected chi connectivity index (χ0v) is 20.5. The third kappa shape index (κ3) is 5.13. The highest BCUT2D eigenvalue weighted by Gasteiger charge is 2.37. The summed E-state index contributed by atoms with van der Waals surface area (Å²) in [5, 5.41) is 8.44. The molecule has 1 aromatic heterocycles. The van der Waals surface area contributed by atoms with Gasteiger partial charge in [0.2, 0.25) is 5.95 Å². The number of unbranched alkanes of at least 4 members (excludes halogenated alkanes) is 7. The van der Waals surface area contributed by atoms with Crippen molar-refractivity contribution in [1.82, 2.24) is 14.8 Å². The fraction of sp³-hybridized carbons (Fsp3) is 0.462. The first-order valence-electron chi connectivity index (χ1n) is 12.1. The molecule has 0 aliphatic carbocycles. The average Bonchev–Trinajstić information content (AvgIpc) is 3.20. The SMILES string of the molecule is CCCCCCCCCCc1ccc2c(c1)-n1c(C)nnc1N(Cc1ccccc1)S2(=O)=O. The smallest absolute Gasteiger partial charge is 0.263 e. The first-order valence-corrected chi connectivity index (χ1v) is 13.6. The molecule has 33 heavy (non-hydrogen) atoms. The molecule has 3 aromatic rings. The van der Waals surface area contributed by atoms with Crippen LogP contribution >= 0.6 is 0 Å². The van der Waals surface area contributed by atoms with E-state index in [-0.39, 0.29) is 6.54 Å². The van der Waals surface area contributed by atoms with Crippen LogP contribution in [0.3, 0.4) is 0 Å². The summed E-state index contributed by atoms with van der Waals surface area (Å²) in [6, 6.07) is 15.3. The molecule has 0 spiro atoms. The molecule has 0 N–H and O–H groups in total. The van der Waals surface area contributed by atoms with Crippen LogP contribution in [0.2, 0.25) is 0 Å². The molecular formula is C26H34N4O2S. The molecule has 0 bridgehead atoms. The van der Waals surface area contributed by atoms with Crippen molar-refractivity contribution in [2.75, 3.05) is 4.31 Å². The predicted molar refractivity (Wildman–Crippen MR) is 132 cm³/mol. The van der Waals surface area contributed by atoms with E-state index in [1.54, 1.807) is 6.07 Å². The van der Waals surface area contributed by atoms with Crippen LogP contribution < -0.4 is 4.31 Å². The van der Waals surface area contributed by atoms with Gasteiger partial charge in [-0.1, -0.05) is 88.3 Å². The number of aromatic nitrogens is 3. The monoisotopic (exact) mass is 466 g/mol. The molecule has 1 aliphatic heterocycles. The minimum absolute atomic E-state index is 0.223. The third-order valence-electron chi connectivity index (χ3n) is 6.35. The first kappa shape index (κ1) is 23.5. The zero-order chi connectivity index (χ0) is 23.3. The van der Waals surface area contributed by atoms with E-state index in [1.807, 2.05) is 54.0 Å². The van der Waals surface area contributed by atoms with Gasteiger partial charge in [-0.15, -0.1) is 10.2 Å². The predicted octanol–water partition coefficient (Wildman–Crippen LogP) is 5.97. The molecule has 6 nitrogen and oxygen atoms in total. The lowest BCUT2D eigenvalue weighted by Crippen LogP contribution is -2.37. The number of hydrogen-bond acceptors (Lipinski definition) is 4. The van der Waals surface area contributed by atoms with Crippen molar-refractivity contribution in [1.29, 1.82) is 0 Å². The second-order valence-corrected chi connectivity index (χ2v) is 10.7. The molecule has 0 fully saturated rings. The second-order valence-electron chi connectivity index (χ2n) is 8.91. The van der Waals surface area contributed by atoms with Crippen molar-refractivity contribution in [3.8, 4) is 5.69 Å². The number of sulfonamides is 1. The minimum Gasteiger partial charge on any atom is -0.263 e. The maximum Gasteiger partial charge on any atom is 0.269 e. The van der Waals surface area contributed by atoms with Gasteiger partial charge in [0, 0.05) is 0 Å². The molecule has 7 heteroatoms. The van der Waals surface area contributed by atoms with Gasteiger partial charge in [0.25, 0.3) is 10.0 Å². The van der Waals surface area contributed by atoms with Crippen LogP contribution in [0.4, 0.5) is 5.95 Å². The van der Waals surface area contributed by atoms with Crippen molar-refractivity contribution in [3.63, 3.8) is 0 Å². The van der Waals surface area contributed by atoms with E-state index in [4.69, 9.17) is 0 Å². The van der Waals surface area contributed by atoms with Gasteiger partial charge in [-0.25, -0.2) is 12.7 Å². The average molecular weight is 467 g/mol. The fourth-order valence-corrected chi connectivity index (χ4v) is 6.04. The molecular weight excluding hydrogens is 432 g/mol. The van der Waals surface area contributed by atoms with Crippen LogP contribution in [-0.2, 0) is 23.0 Å². The van der Waals surface area contributed by atoms with Crippen molar-refractivity contribution in [2.45, 2.75) is 83.1 Å². The molecule has 4 rings (SSSR count). The lowest BCUT2D eigenvalue weighted by molar-refractivity contribution is 0.575. The van der Waals surface area contributed by atoms with E-state index in [0.29, 0.717) is 22.4 Å². The highest BCUT2D eigenvalue weighted by atomic mass is 32.2. The Morgan fingerprint density at radius 3 is 2.24 bits per heavy atom. The molecule has 2 heterocycles. The molecule has 176 valence electrons. The lowest BCUT2D eigenvalue weighted by atomic mass is 10.0. The van der Waals surface area contributed by atoms with Crippen LogP contribution in [0, 0.1) is 6.92 Å². The number of fused-ring (bicyclic) bond motifs is 3. The molecule has 0 atom stereocenters. The topological polar surface area (TPSA) is 68.1 Å². The summed E-state index contributed by atoms with van der Waals surface area (Å²) in [7, 11) is -3.73. The van der Waals surface area contributed by atoms with Gasteiger partial charge in [0.15, 0.2) is 0 Å². The Morgan fingerprint density at radius 2 is 1.52 bits per heavy atom. The Kier molecular flexibility index (Phi) is 7.48. The number of anilines is 1. The Labute approximate surface area is 197 Å². The Bertz CT molecular complexity index is 1170. The molecule has 0 radical (unpaired) electrons. The summed E-state index contributed by atoms with van der Waals surface area (Å²) >= 11 is 0. The number of benzene rings is 2. The number of rotatable bonds is 11. The minimum atomic E-state index is -3.73. The largest absolute Gasteiger partial charge is 0.269 e. The van der Waals surface area contributed by atoms with Crippen LogP contribution in [0.5, 0.6) is 0 Å². The van der Waals surface area contributed by atoms with Crippen LogP contribution in [0.1, 0.15) is 75.2 Å². The molecule has 0 saturated heterocycles. The second kappa shape index (κ2) is 10.5. The summed E-state index contributed by atoms with van der Waals surface area (Å²) in [5.74, 6) is 1.04. The molecule has 2 aromatic carbocycles. The summed E-state index contributed by atoms with van der Waals surface area (Å²) in [5.41, 5.74) is 2.72. The third-order valence-corrected chi connectivity index (χ3v) is 8.12. The van der Waals surface area contributed by atoms with Crippen LogP contribution in [0.15, 0.2) is 53.4 Å². The summed E-state index contributed by atoms with van der Waals surface area (Å²) < 4.78 is 30.3. The Hall–Kier alpha value is -2.67. The van der Waals surface area contributed by atoms with Gasteiger partial charge in [-0.3, -0.25) is 4.57 Å². The number of aryl methyl sites for hydroxylation is 2. The van der Waals surface area contributed by atoms with Gasteiger partial charge in [0.05, 0.1) is 12.2 Å². The normalized spacial score (nSPS) is 14.2. The highest BCUT2D eigenvalue weighted by Crippen LogP contribution is 2.37. The van der Waals surface area contributed by atoms with E-state index in [9.17, 15) is 8.42 Å². The quantitative estimate of drug-likeness (QED) is 0.327. The van der Waals surface area contributed by atoms with E-state index >= 15 is 0 Å². The van der Waals surface area contributed by atoms with Crippen LogP contribution in [0.25, 0.3) is 5.69 Å². The maximum absolute atomic E-state index is 13.5. The number of hydrogen-bond donors (Lipinski definition) is 0. The van der Waals surface area contributed by atoms with Crippen molar-refractivity contribution < 1.29 is 8.42 Å². The van der Waals surface area contributed by atoms with E-state index in [1.165, 1.54) is 49.3 Å². The maximum atomic E-state index is 13.5. The van der Waals surface area contributed by atoms with E-state index in [2.05, 4.69) is 17.1 Å². The summed E-state index contributed by atoms with van der Waals surface area (Å²) in [6.45, 7) is 4.33. The highest BCUT2D eigenvalue weighted by molar-refractivity contribution is 7.93. The summed E-state index contributed by atoms with van der Waals surface area (Å²) in [4.78, 5) is 0.313. The molecule has 1 aliphatic rings. The van der Waals surface area contributed by atoms with Crippen molar-refractivity contribution in [3.05, 3.63) is 65.5 Å². The molecule has 0 unspecified atom stereocenters. The lowest BCUT2D eigenvalue weighted by Gasteiger charge is -2.30. The van der Waals surface area contributed by atoms with Gasteiger partial charge < -0.3 is 0 Å². The van der Waals surface area contributed by atoms with Gasteiger partial charge >= 0.3 is 0 Å². The zero-order valence-electron chi connectivity index (χ0n) is 19.7. The number of nitrogens with zero attached hydrogens (tertiary/aromatic N) is 4. The van der Waals surface area contributed by atoms with Gasteiger partial charge in [-0.2, -0.15) is 0 Å². The Balaban J connectivity index is 1.51. The van der Waals surface area contributed by atoms with Crippen molar-refractivity contribution in [2.24, 2.45) is 0 Å². The first-order chi connectivity index (χ1) is 16.0. The Morgan fingerprint density at radius 1 is 0.818 bits per heavy atom. The van der Waals surface area contributed by atoms with Crippen LogP contribution in [-0.4, -0.2) is 23.2 Å². The van der Waals surface area contributed by atoms with Gasteiger partial charge in [-0.05, 0) is 43.0 Å². The molecule has 0 amide bonds. The molecule has 0 saturated carbocycles.